The average molecular weight is 420 g/mol. The van der Waals surface area contributed by atoms with E-state index in [-0.39, 0.29) is 23.6 Å². The van der Waals surface area contributed by atoms with Crippen LogP contribution in [0.25, 0.3) is 0 Å². The van der Waals surface area contributed by atoms with Crippen molar-refractivity contribution in [3.63, 3.8) is 0 Å². The standard InChI is InChI=1S/C25H29N3O3/c1-18(2)16-22(28-23(29)20-10-6-7-11-21(20)24(28)30)25(31)27-14-12-26(13-15-27)17-19-8-4-3-5-9-19/h3-11,18,22H,12-17H2,1-2H3/t22-/m1/s1. The Morgan fingerprint density at radius 1 is 0.839 bits per heavy atom. The lowest BCUT2D eigenvalue weighted by atomic mass is 10.0. The number of fused-ring (bicyclic) bond motifs is 1. The first-order chi connectivity index (χ1) is 15.0. The van der Waals surface area contributed by atoms with E-state index in [0.717, 1.165) is 19.6 Å². The molecule has 0 unspecified atom stereocenters. The zero-order valence-corrected chi connectivity index (χ0v) is 18.2. The Labute approximate surface area is 183 Å². The van der Waals surface area contributed by atoms with Crippen LogP contribution in [0.3, 0.4) is 0 Å². The molecule has 2 aromatic rings. The highest BCUT2D eigenvalue weighted by molar-refractivity contribution is 6.22. The van der Waals surface area contributed by atoms with Crippen molar-refractivity contribution in [3.8, 4) is 0 Å². The smallest absolute Gasteiger partial charge is 0.262 e. The third kappa shape index (κ3) is 4.39. The molecule has 0 bridgehead atoms. The van der Waals surface area contributed by atoms with Crippen molar-refractivity contribution >= 4 is 17.7 Å². The van der Waals surface area contributed by atoms with Crippen LogP contribution in [0.15, 0.2) is 54.6 Å². The maximum Gasteiger partial charge on any atom is 0.262 e. The van der Waals surface area contributed by atoms with E-state index in [1.807, 2.05) is 36.9 Å². The number of carbonyl (C=O) groups excluding carboxylic acids is 3. The molecule has 0 aromatic heterocycles. The Kier molecular flexibility index (Phi) is 6.18. The van der Waals surface area contributed by atoms with Gasteiger partial charge in [-0.05, 0) is 30.0 Å². The minimum Gasteiger partial charge on any atom is -0.338 e. The van der Waals surface area contributed by atoms with Crippen LogP contribution in [-0.2, 0) is 11.3 Å². The first kappa shape index (κ1) is 21.2. The summed E-state index contributed by atoms with van der Waals surface area (Å²) in [5, 5.41) is 0. The second kappa shape index (κ2) is 9.02. The third-order valence-corrected chi connectivity index (χ3v) is 6.05. The van der Waals surface area contributed by atoms with Gasteiger partial charge in [0.15, 0.2) is 0 Å². The molecule has 2 aliphatic heterocycles. The first-order valence-corrected chi connectivity index (χ1v) is 11.0. The highest BCUT2D eigenvalue weighted by atomic mass is 16.2. The van der Waals surface area contributed by atoms with Crippen LogP contribution in [0.4, 0.5) is 0 Å². The van der Waals surface area contributed by atoms with Crippen LogP contribution in [0.2, 0.25) is 0 Å². The van der Waals surface area contributed by atoms with E-state index >= 15 is 0 Å². The predicted molar refractivity (Wildman–Crippen MR) is 118 cm³/mol. The predicted octanol–water partition coefficient (Wildman–Crippen LogP) is 3.04. The van der Waals surface area contributed by atoms with Crippen molar-refractivity contribution in [1.82, 2.24) is 14.7 Å². The Morgan fingerprint density at radius 3 is 1.94 bits per heavy atom. The minimum atomic E-state index is -0.756. The largest absolute Gasteiger partial charge is 0.338 e. The van der Waals surface area contributed by atoms with Crippen molar-refractivity contribution in [1.29, 1.82) is 0 Å². The van der Waals surface area contributed by atoms with Crippen molar-refractivity contribution in [2.45, 2.75) is 32.9 Å². The zero-order valence-electron chi connectivity index (χ0n) is 18.2. The third-order valence-electron chi connectivity index (χ3n) is 6.05. The van der Waals surface area contributed by atoms with Gasteiger partial charge in [-0.1, -0.05) is 56.3 Å². The highest BCUT2D eigenvalue weighted by Crippen LogP contribution is 2.28. The number of piperazine rings is 1. The van der Waals surface area contributed by atoms with E-state index in [2.05, 4.69) is 17.0 Å². The van der Waals surface area contributed by atoms with E-state index in [1.165, 1.54) is 10.5 Å². The molecule has 31 heavy (non-hydrogen) atoms. The van der Waals surface area contributed by atoms with Crippen molar-refractivity contribution in [2.75, 3.05) is 26.2 Å². The lowest BCUT2D eigenvalue weighted by molar-refractivity contribution is -0.137. The molecule has 0 N–H and O–H groups in total. The fraction of sp³-hybridized carbons (Fsp3) is 0.400. The lowest BCUT2D eigenvalue weighted by Crippen LogP contribution is -2.56. The van der Waals surface area contributed by atoms with Gasteiger partial charge in [-0.3, -0.25) is 24.2 Å². The van der Waals surface area contributed by atoms with E-state index in [4.69, 9.17) is 0 Å². The van der Waals surface area contributed by atoms with Crippen LogP contribution in [-0.4, -0.2) is 64.6 Å². The monoisotopic (exact) mass is 419 g/mol. The number of amides is 3. The van der Waals surface area contributed by atoms with Crippen LogP contribution in [0, 0.1) is 5.92 Å². The number of hydrogen-bond acceptors (Lipinski definition) is 4. The van der Waals surface area contributed by atoms with Gasteiger partial charge in [0, 0.05) is 32.7 Å². The van der Waals surface area contributed by atoms with Gasteiger partial charge >= 0.3 is 0 Å². The second-order valence-electron chi connectivity index (χ2n) is 8.76. The van der Waals surface area contributed by atoms with Gasteiger partial charge in [0.25, 0.3) is 11.8 Å². The van der Waals surface area contributed by atoms with Gasteiger partial charge in [0.1, 0.15) is 6.04 Å². The van der Waals surface area contributed by atoms with E-state index in [1.54, 1.807) is 24.3 Å². The van der Waals surface area contributed by atoms with Gasteiger partial charge in [-0.15, -0.1) is 0 Å². The van der Waals surface area contributed by atoms with Gasteiger partial charge in [0.2, 0.25) is 5.91 Å². The van der Waals surface area contributed by atoms with E-state index < -0.39 is 6.04 Å². The van der Waals surface area contributed by atoms with Crippen LogP contribution < -0.4 is 0 Å². The topological polar surface area (TPSA) is 60.9 Å². The molecule has 3 amide bonds. The number of hydrogen-bond donors (Lipinski definition) is 0. The molecule has 6 heteroatoms. The molecule has 1 fully saturated rings. The Hall–Kier alpha value is -2.99. The molecule has 2 aromatic carbocycles. The fourth-order valence-corrected chi connectivity index (χ4v) is 4.43. The number of imide groups is 1. The van der Waals surface area contributed by atoms with Crippen LogP contribution in [0.1, 0.15) is 46.5 Å². The van der Waals surface area contributed by atoms with E-state index in [9.17, 15) is 14.4 Å². The quantitative estimate of drug-likeness (QED) is 0.676. The summed E-state index contributed by atoms with van der Waals surface area (Å²) in [6.45, 7) is 7.63. The van der Waals surface area contributed by atoms with Crippen LogP contribution >= 0.6 is 0 Å². The summed E-state index contributed by atoms with van der Waals surface area (Å²) < 4.78 is 0. The zero-order chi connectivity index (χ0) is 22.0. The van der Waals surface area contributed by atoms with Crippen molar-refractivity contribution < 1.29 is 14.4 Å². The van der Waals surface area contributed by atoms with Gasteiger partial charge in [-0.25, -0.2) is 0 Å². The highest BCUT2D eigenvalue weighted by Gasteiger charge is 2.44. The molecule has 1 atom stereocenters. The molecule has 4 rings (SSSR count). The number of carbonyl (C=O) groups is 3. The number of benzene rings is 2. The molecule has 0 spiro atoms. The molecule has 1 saturated heterocycles. The Morgan fingerprint density at radius 2 is 1.39 bits per heavy atom. The van der Waals surface area contributed by atoms with Gasteiger partial charge in [-0.2, -0.15) is 0 Å². The summed E-state index contributed by atoms with van der Waals surface area (Å²) in [5.41, 5.74) is 2.04. The number of nitrogens with zero attached hydrogens (tertiary/aromatic N) is 3. The molecule has 0 saturated carbocycles. The second-order valence-corrected chi connectivity index (χ2v) is 8.76. The summed E-state index contributed by atoms with van der Waals surface area (Å²) >= 11 is 0. The molecule has 162 valence electrons. The van der Waals surface area contributed by atoms with Gasteiger partial charge in [0.05, 0.1) is 11.1 Å². The summed E-state index contributed by atoms with van der Waals surface area (Å²) in [7, 11) is 0. The first-order valence-electron chi connectivity index (χ1n) is 11.0. The molecular formula is C25H29N3O3. The fourth-order valence-electron chi connectivity index (χ4n) is 4.43. The lowest BCUT2D eigenvalue weighted by Gasteiger charge is -2.38. The summed E-state index contributed by atoms with van der Waals surface area (Å²) in [6, 6.07) is 16.4. The molecule has 6 nitrogen and oxygen atoms in total. The molecule has 0 aliphatic carbocycles. The minimum absolute atomic E-state index is 0.123. The Balaban J connectivity index is 1.46. The molecular weight excluding hydrogens is 390 g/mol. The molecule has 2 heterocycles. The van der Waals surface area contributed by atoms with Crippen LogP contribution in [0.5, 0.6) is 0 Å². The Bertz CT molecular complexity index is 930. The van der Waals surface area contributed by atoms with E-state index in [0.29, 0.717) is 30.6 Å². The average Bonchev–Trinajstić information content (AvgIpc) is 3.03. The maximum absolute atomic E-state index is 13.5. The SMILES string of the molecule is CC(C)C[C@H](C(=O)N1CCN(Cc2ccccc2)CC1)N1C(=O)c2ccccc2C1=O. The summed E-state index contributed by atoms with van der Waals surface area (Å²) in [4.78, 5) is 44.8. The van der Waals surface area contributed by atoms with Gasteiger partial charge < -0.3 is 4.90 Å². The summed E-state index contributed by atoms with van der Waals surface area (Å²) in [5.74, 6) is -0.662. The van der Waals surface area contributed by atoms with Crippen molar-refractivity contribution in [2.24, 2.45) is 5.92 Å². The summed E-state index contributed by atoms with van der Waals surface area (Å²) in [6.07, 6.45) is 0.467. The van der Waals surface area contributed by atoms with Crippen molar-refractivity contribution in [3.05, 3.63) is 71.3 Å². The number of rotatable bonds is 6. The normalized spacial score (nSPS) is 17.9. The molecule has 2 aliphatic rings. The molecule has 0 radical (unpaired) electrons. The maximum atomic E-state index is 13.5.